The minimum Gasteiger partial charge on any atom is -0.484 e. The molecule has 10 nitrogen and oxygen atoms in total. The zero-order chi connectivity index (χ0) is 21.7. The first-order valence-electron chi connectivity index (χ1n) is 8.82. The van der Waals surface area contributed by atoms with Crippen molar-refractivity contribution in [2.75, 3.05) is 17.7 Å². The molecular formula is C19H18N4O6S. The lowest BCUT2D eigenvalue weighted by Gasteiger charge is -2.24. The van der Waals surface area contributed by atoms with Crippen molar-refractivity contribution in [2.24, 2.45) is 0 Å². The third kappa shape index (κ3) is 5.06. The molecule has 0 saturated carbocycles. The fraction of sp³-hybridized carbons (Fsp3) is 0.211. The lowest BCUT2D eigenvalue weighted by molar-refractivity contribution is -0.385. The van der Waals surface area contributed by atoms with Gasteiger partial charge in [0.05, 0.1) is 16.2 Å². The monoisotopic (exact) mass is 430 g/mol. The van der Waals surface area contributed by atoms with Gasteiger partial charge in [-0.3, -0.25) is 29.9 Å². The van der Waals surface area contributed by atoms with Crippen LogP contribution in [0, 0.1) is 10.1 Å². The van der Waals surface area contributed by atoms with Gasteiger partial charge in [0, 0.05) is 18.7 Å². The Labute approximate surface area is 175 Å². The fourth-order valence-corrected chi connectivity index (χ4v) is 3.93. The molecule has 0 spiro atoms. The van der Waals surface area contributed by atoms with Gasteiger partial charge in [0.15, 0.2) is 6.61 Å². The Morgan fingerprint density at radius 2 is 1.93 bits per heavy atom. The van der Waals surface area contributed by atoms with Crippen molar-refractivity contribution in [1.29, 1.82) is 0 Å². The van der Waals surface area contributed by atoms with E-state index in [1.54, 1.807) is 36.4 Å². The maximum Gasteiger partial charge on any atom is 0.276 e. The number of anilines is 1. The molecule has 1 aliphatic rings. The average Bonchev–Trinajstić information content (AvgIpc) is 3.07. The van der Waals surface area contributed by atoms with Crippen molar-refractivity contribution in [3.05, 3.63) is 64.2 Å². The van der Waals surface area contributed by atoms with Gasteiger partial charge in [-0.15, -0.1) is 11.8 Å². The first-order valence-corrected chi connectivity index (χ1v) is 9.87. The highest BCUT2D eigenvalue weighted by Crippen LogP contribution is 2.41. The van der Waals surface area contributed by atoms with Gasteiger partial charge in [-0.2, -0.15) is 0 Å². The molecule has 1 saturated heterocycles. The van der Waals surface area contributed by atoms with E-state index in [9.17, 15) is 24.5 Å². The van der Waals surface area contributed by atoms with E-state index in [1.165, 1.54) is 30.8 Å². The summed E-state index contributed by atoms with van der Waals surface area (Å²) in [5.74, 6) is -0.666. The maximum atomic E-state index is 12.3. The van der Waals surface area contributed by atoms with Gasteiger partial charge in [0.1, 0.15) is 11.1 Å². The van der Waals surface area contributed by atoms with Crippen LogP contribution in [0.15, 0.2) is 48.5 Å². The number of nitro benzene ring substituents is 1. The first-order chi connectivity index (χ1) is 14.3. The highest BCUT2D eigenvalue weighted by Gasteiger charge is 2.37. The Morgan fingerprint density at radius 1 is 1.23 bits per heavy atom. The van der Waals surface area contributed by atoms with Gasteiger partial charge >= 0.3 is 0 Å². The van der Waals surface area contributed by atoms with Gasteiger partial charge < -0.3 is 10.1 Å². The molecule has 1 aliphatic heterocycles. The predicted octanol–water partition coefficient (Wildman–Crippen LogP) is 2.24. The summed E-state index contributed by atoms with van der Waals surface area (Å²) in [7, 11) is 0. The molecule has 3 amide bonds. The molecule has 0 aliphatic carbocycles. The van der Waals surface area contributed by atoms with E-state index in [2.05, 4.69) is 10.7 Å². The molecule has 1 unspecified atom stereocenters. The number of nitro groups is 1. The Bertz CT molecular complexity index is 981. The lowest BCUT2D eigenvalue weighted by Crippen LogP contribution is -2.46. The van der Waals surface area contributed by atoms with E-state index in [1.807, 2.05) is 0 Å². The molecule has 3 rings (SSSR count). The topological polar surface area (TPSA) is 131 Å². The number of hydrogen-bond acceptors (Lipinski definition) is 7. The summed E-state index contributed by atoms with van der Waals surface area (Å²) in [5.41, 5.74) is 3.26. The Morgan fingerprint density at radius 3 is 2.60 bits per heavy atom. The quantitative estimate of drug-likeness (QED) is 0.509. The highest BCUT2D eigenvalue weighted by molar-refractivity contribution is 8.00. The fourth-order valence-electron chi connectivity index (χ4n) is 2.79. The number of carbonyl (C=O) groups is 3. The Hall–Kier alpha value is -3.60. The van der Waals surface area contributed by atoms with Gasteiger partial charge in [-0.25, -0.2) is 5.01 Å². The van der Waals surface area contributed by atoms with E-state index in [4.69, 9.17) is 4.74 Å². The number of amides is 3. The summed E-state index contributed by atoms with van der Waals surface area (Å²) >= 11 is 1.19. The van der Waals surface area contributed by atoms with Crippen LogP contribution in [-0.4, -0.2) is 40.0 Å². The number of benzene rings is 2. The molecule has 156 valence electrons. The molecule has 2 aromatic carbocycles. The summed E-state index contributed by atoms with van der Waals surface area (Å²) in [6.07, 6.45) is 0. The van der Waals surface area contributed by atoms with Crippen LogP contribution in [0.1, 0.15) is 17.9 Å². The van der Waals surface area contributed by atoms with E-state index >= 15 is 0 Å². The Kier molecular flexibility index (Phi) is 6.52. The van der Waals surface area contributed by atoms with Crippen molar-refractivity contribution in [1.82, 2.24) is 10.4 Å². The third-order valence-corrected chi connectivity index (χ3v) is 5.25. The van der Waals surface area contributed by atoms with Gasteiger partial charge in [-0.05, 0) is 30.3 Å². The maximum absolute atomic E-state index is 12.3. The van der Waals surface area contributed by atoms with E-state index in [0.717, 1.165) is 5.01 Å². The Balaban J connectivity index is 1.63. The van der Waals surface area contributed by atoms with Crippen LogP contribution in [0.5, 0.6) is 5.75 Å². The number of hydrogen-bond donors (Lipinski definition) is 2. The average molecular weight is 430 g/mol. The standard InChI is InChI=1S/C19H18N4O6S/c1-12(24)20-13-6-8-14(9-7-13)29-10-17(25)21-22-18(26)11-30-19(22)15-4-2-3-5-16(15)23(27)28/h2-9,19H,10-11H2,1H3,(H,20,24)(H,21,25). The highest BCUT2D eigenvalue weighted by atomic mass is 32.2. The molecule has 1 heterocycles. The second kappa shape index (κ2) is 9.27. The summed E-state index contributed by atoms with van der Waals surface area (Å²) < 4.78 is 5.40. The number of hydrazine groups is 1. The predicted molar refractivity (Wildman–Crippen MR) is 110 cm³/mol. The van der Waals surface area contributed by atoms with Crippen molar-refractivity contribution in [3.63, 3.8) is 0 Å². The minimum absolute atomic E-state index is 0.0858. The zero-order valence-corrected chi connectivity index (χ0v) is 16.7. The SMILES string of the molecule is CC(=O)Nc1ccc(OCC(=O)NN2C(=O)CSC2c2ccccc2[N+](=O)[O-])cc1. The molecule has 0 radical (unpaired) electrons. The number of nitrogens with zero attached hydrogens (tertiary/aromatic N) is 2. The van der Waals surface area contributed by atoms with Crippen LogP contribution in [0.2, 0.25) is 0 Å². The summed E-state index contributed by atoms with van der Waals surface area (Å²) in [6.45, 7) is 1.03. The second-order valence-electron chi connectivity index (χ2n) is 6.27. The zero-order valence-electron chi connectivity index (χ0n) is 15.9. The molecule has 1 atom stereocenters. The normalized spacial score (nSPS) is 15.6. The molecule has 2 aromatic rings. The largest absolute Gasteiger partial charge is 0.484 e. The number of thioether (sulfide) groups is 1. The summed E-state index contributed by atoms with van der Waals surface area (Å²) in [6, 6.07) is 12.5. The van der Waals surface area contributed by atoms with Gasteiger partial charge in [0.2, 0.25) is 5.91 Å². The van der Waals surface area contributed by atoms with Crippen LogP contribution in [0.3, 0.4) is 0 Å². The number of rotatable bonds is 7. The van der Waals surface area contributed by atoms with E-state index in [-0.39, 0.29) is 29.9 Å². The smallest absolute Gasteiger partial charge is 0.276 e. The molecule has 1 fully saturated rings. The van der Waals surface area contributed by atoms with Crippen LogP contribution in [0.25, 0.3) is 0 Å². The number of para-hydroxylation sites is 1. The van der Waals surface area contributed by atoms with Gasteiger partial charge in [0.25, 0.3) is 17.5 Å². The number of nitrogens with one attached hydrogen (secondary N) is 2. The lowest BCUT2D eigenvalue weighted by atomic mass is 10.1. The van der Waals surface area contributed by atoms with Crippen molar-refractivity contribution < 1.29 is 24.0 Å². The molecule has 2 N–H and O–H groups in total. The van der Waals surface area contributed by atoms with E-state index in [0.29, 0.717) is 17.0 Å². The molecule has 0 aromatic heterocycles. The van der Waals surface area contributed by atoms with Crippen LogP contribution >= 0.6 is 11.8 Å². The second-order valence-corrected chi connectivity index (χ2v) is 7.34. The molecule has 11 heteroatoms. The van der Waals surface area contributed by atoms with Crippen molar-refractivity contribution in [3.8, 4) is 5.75 Å². The van der Waals surface area contributed by atoms with E-state index < -0.39 is 16.2 Å². The van der Waals surface area contributed by atoms with Crippen LogP contribution in [-0.2, 0) is 14.4 Å². The summed E-state index contributed by atoms with van der Waals surface area (Å²) in [5, 5.41) is 14.3. The molecule has 0 bridgehead atoms. The number of ether oxygens (including phenoxy) is 1. The van der Waals surface area contributed by atoms with Crippen molar-refractivity contribution in [2.45, 2.75) is 12.3 Å². The van der Waals surface area contributed by atoms with Crippen molar-refractivity contribution >= 4 is 40.9 Å². The molecular weight excluding hydrogens is 412 g/mol. The van der Waals surface area contributed by atoms with Crippen LogP contribution < -0.4 is 15.5 Å². The third-order valence-electron chi connectivity index (χ3n) is 4.06. The van der Waals surface area contributed by atoms with Gasteiger partial charge in [-0.1, -0.05) is 12.1 Å². The minimum atomic E-state index is -0.708. The first kappa shape index (κ1) is 21.1. The van der Waals surface area contributed by atoms with Crippen LogP contribution in [0.4, 0.5) is 11.4 Å². The molecule has 30 heavy (non-hydrogen) atoms. The number of carbonyl (C=O) groups excluding carboxylic acids is 3. The summed E-state index contributed by atoms with van der Waals surface area (Å²) in [4.78, 5) is 46.3.